The molecule has 1 saturated heterocycles. The number of hydrogen-bond acceptors (Lipinski definition) is 2. The first-order valence-electron chi connectivity index (χ1n) is 10.8. The Morgan fingerprint density at radius 2 is 2.04 bits per heavy atom. The van der Waals surface area contributed by atoms with E-state index in [0.29, 0.717) is 11.8 Å². The van der Waals surface area contributed by atoms with Crippen LogP contribution in [0, 0.1) is 30.1 Å². The lowest BCUT2D eigenvalue weighted by atomic mass is 9.49. The highest BCUT2D eigenvalue weighted by atomic mass is 79.9. The fourth-order valence-electron chi connectivity index (χ4n) is 6.98. The van der Waals surface area contributed by atoms with E-state index < -0.39 is 0 Å². The van der Waals surface area contributed by atoms with Crippen molar-refractivity contribution in [3.8, 4) is 0 Å². The van der Waals surface area contributed by atoms with Crippen LogP contribution in [-0.2, 0) is 4.79 Å². The number of halogens is 2. The SMILES string of the molecule is Cc1ccc(Cl)cc1N1CCC(CNC(=O)C23CC4CC(CC(Br)(C4)C2)C3)C1. The van der Waals surface area contributed by atoms with Gasteiger partial charge in [0.25, 0.3) is 0 Å². The summed E-state index contributed by atoms with van der Waals surface area (Å²) in [6.07, 6.45) is 8.29. The highest BCUT2D eigenvalue weighted by molar-refractivity contribution is 9.10. The summed E-state index contributed by atoms with van der Waals surface area (Å²) in [5.41, 5.74) is 2.41. The van der Waals surface area contributed by atoms with E-state index in [0.717, 1.165) is 62.2 Å². The Bertz CT molecular complexity index is 783. The molecule has 3 nitrogen and oxygen atoms in total. The number of hydrogen-bond donors (Lipinski definition) is 1. The van der Waals surface area contributed by atoms with Crippen LogP contribution < -0.4 is 10.2 Å². The Kier molecular flexibility index (Phi) is 4.74. The van der Waals surface area contributed by atoms with Gasteiger partial charge in [-0.05, 0) is 87.3 Å². The quantitative estimate of drug-likeness (QED) is 0.610. The van der Waals surface area contributed by atoms with Crippen LogP contribution in [0.1, 0.15) is 50.5 Å². The van der Waals surface area contributed by atoms with Gasteiger partial charge in [-0.3, -0.25) is 4.79 Å². The van der Waals surface area contributed by atoms with Gasteiger partial charge in [0.05, 0.1) is 5.41 Å². The molecule has 4 aliphatic carbocycles. The summed E-state index contributed by atoms with van der Waals surface area (Å²) in [6, 6.07) is 6.12. The molecule has 5 heteroatoms. The molecular weight excluding hydrogens is 436 g/mol. The fourth-order valence-corrected chi connectivity index (χ4v) is 8.60. The number of alkyl halides is 1. The Morgan fingerprint density at radius 3 is 2.75 bits per heavy atom. The van der Waals surface area contributed by atoms with Gasteiger partial charge in [-0.2, -0.15) is 0 Å². The first-order chi connectivity index (χ1) is 13.3. The maximum Gasteiger partial charge on any atom is 0.226 e. The molecule has 0 aromatic heterocycles. The van der Waals surface area contributed by atoms with Gasteiger partial charge in [0.15, 0.2) is 0 Å². The second kappa shape index (κ2) is 6.91. The van der Waals surface area contributed by atoms with Crippen LogP contribution in [0.15, 0.2) is 18.2 Å². The molecule has 1 heterocycles. The molecule has 28 heavy (non-hydrogen) atoms. The summed E-state index contributed by atoms with van der Waals surface area (Å²) < 4.78 is 0.239. The molecule has 1 amide bonds. The summed E-state index contributed by atoms with van der Waals surface area (Å²) in [5, 5.41) is 4.18. The third-order valence-corrected chi connectivity index (χ3v) is 8.98. The maximum atomic E-state index is 13.3. The minimum Gasteiger partial charge on any atom is -0.371 e. The van der Waals surface area contributed by atoms with Gasteiger partial charge in [-0.1, -0.05) is 33.6 Å². The van der Waals surface area contributed by atoms with Crippen LogP contribution in [0.25, 0.3) is 0 Å². The van der Waals surface area contributed by atoms with E-state index in [1.54, 1.807) is 0 Å². The molecule has 0 spiro atoms. The molecular formula is C23H30BrClN2O. The summed E-state index contributed by atoms with van der Waals surface area (Å²) >= 11 is 10.2. The third-order valence-electron chi connectivity index (χ3n) is 7.82. The topological polar surface area (TPSA) is 32.3 Å². The molecule has 1 aromatic rings. The van der Waals surface area contributed by atoms with Crippen LogP contribution in [0.5, 0.6) is 0 Å². The third kappa shape index (κ3) is 3.39. The van der Waals surface area contributed by atoms with E-state index in [-0.39, 0.29) is 9.74 Å². The number of carbonyl (C=O) groups is 1. The summed E-state index contributed by atoms with van der Waals surface area (Å²) in [7, 11) is 0. The lowest BCUT2D eigenvalue weighted by molar-refractivity contribution is -0.144. The summed E-state index contributed by atoms with van der Waals surface area (Å²) in [4.78, 5) is 15.7. The smallest absolute Gasteiger partial charge is 0.226 e. The molecule has 4 bridgehead atoms. The predicted octanol–water partition coefficient (Wildman–Crippen LogP) is 5.32. The van der Waals surface area contributed by atoms with Crippen molar-refractivity contribution in [2.24, 2.45) is 23.2 Å². The molecule has 0 radical (unpaired) electrons. The van der Waals surface area contributed by atoms with Crippen molar-refractivity contribution in [1.82, 2.24) is 5.32 Å². The summed E-state index contributed by atoms with van der Waals surface area (Å²) in [5.74, 6) is 2.36. The van der Waals surface area contributed by atoms with E-state index in [1.807, 2.05) is 6.07 Å². The standard InChI is InChI=1S/C23H30BrClN2O/c1-15-2-3-19(25)7-20(15)27-5-4-16(13-27)12-26-21(28)22-8-17-6-18(9-22)11-23(24,10-17)14-22/h2-3,7,16-18H,4-6,8-14H2,1H3,(H,26,28). The molecule has 1 aliphatic heterocycles. The average molecular weight is 466 g/mol. The van der Waals surface area contributed by atoms with Crippen molar-refractivity contribution < 1.29 is 4.79 Å². The van der Waals surface area contributed by atoms with Gasteiger partial charge >= 0.3 is 0 Å². The Hall–Kier alpha value is -0.740. The second-order valence-corrected chi connectivity index (χ2v) is 12.3. The molecule has 4 saturated carbocycles. The normalized spacial score (nSPS) is 38.8. The molecule has 5 fully saturated rings. The predicted molar refractivity (Wildman–Crippen MR) is 118 cm³/mol. The van der Waals surface area contributed by atoms with E-state index in [9.17, 15) is 4.79 Å². The molecule has 152 valence electrons. The van der Waals surface area contributed by atoms with Gasteiger partial charge in [0.1, 0.15) is 0 Å². The number of rotatable bonds is 4. The van der Waals surface area contributed by atoms with Gasteiger partial charge < -0.3 is 10.2 Å². The van der Waals surface area contributed by atoms with Gasteiger partial charge in [0, 0.05) is 34.7 Å². The Balaban J connectivity index is 1.21. The van der Waals surface area contributed by atoms with Gasteiger partial charge in [-0.25, -0.2) is 0 Å². The number of nitrogens with one attached hydrogen (secondary N) is 1. The zero-order valence-electron chi connectivity index (χ0n) is 16.6. The number of benzene rings is 1. The number of carbonyl (C=O) groups excluding carboxylic acids is 1. The zero-order chi connectivity index (χ0) is 19.5. The molecule has 5 aliphatic rings. The summed E-state index contributed by atoms with van der Waals surface area (Å²) in [6.45, 7) is 4.99. The van der Waals surface area contributed by atoms with E-state index in [4.69, 9.17) is 11.6 Å². The van der Waals surface area contributed by atoms with Crippen molar-refractivity contribution in [3.63, 3.8) is 0 Å². The first-order valence-corrected chi connectivity index (χ1v) is 12.0. The number of anilines is 1. The highest BCUT2D eigenvalue weighted by Gasteiger charge is 2.59. The van der Waals surface area contributed by atoms with Crippen LogP contribution in [0.2, 0.25) is 5.02 Å². The molecule has 3 unspecified atom stereocenters. The number of nitrogens with zero attached hydrogens (tertiary/aromatic N) is 1. The minimum atomic E-state index is -0.102. The van der Waals surface area contributed by atoms with Crippen molar-refractivity contribution in [1.29, 1.82) is 0 Å². The highest BCUT2D eigenvalue weighted by Crippen LogP contribution is 2.64. The van der Waals surface area contributed by atoms with Crippen molar-refractivity contribution >= 4 is 39.1 Å². The van der Waals surface area contributed by atoms with Gasteiger partial charge in [-0.15, -0.1) is 0 Å². The lowest BCUT2D eigenvalue weighted by Crippen LogP contribution is -2.58. The van der Waals surface area contributed by atoms with Crippen molar-refractivity contribution in [2.45, 2.75) is 56.2 Å². The van der Waals surface area contributed by atoms with Crippen LogP contribution in [0.4, 0.5) is 5.69 Å². The van der Waals surface area contributed by atoms with E-state index in [2.05, 4.69) is 45.2 Å². The second-order valence-electron chi connectivity index (χ2n) is 10.1. The maximum absolute atomic E-state index is 13.3. The Morgan fingerprint density at radius 1 is 1.29 bits per heavy atom. The number of amides is 1. The average Bonchev–Trinajstić information content (AvgIpc) is 3.08. The fraction of sp³-hybridized carbons (Fsp3) is 0.696. The Labute approximate surface area is 181 Å². The first kappa shape index (κ1) is 19.2. The van der Waals surface area contributed by atoms with Crippen LogP contribution in [-0.4, -0.2) is 29.9 Å². The van der Waals surface area contributed by atoms with E-state index in [1.165, 1.54) is 30.5 Å². The van der Waals surface area contributed by atoms with Crippen LogP contribution >= 0.6 is 27.5 Å². The largest absolute Gasteiger partial charge is 0.371 e. The molecule has 3 atom stereocenters. The van der Waals surface area contributed by atoms with E-state index >= 15 is 0 Å². The van der Waals surface area contributed by atoms with Crippen molar-refractivity contribution in [2.75, 3.05) is 24.5 Å². The molecule has 1 N–H and O–H groups in total. The minimum absolute atomic E-state index is 0.102. The molecule has 1 aromatic carbocycles. The van der Waals surface area contributed by atoms with Crippen LogP contribution in [0.3, 0.4) is 0 Å². The monoisotopic (exact) mass is 464 g/mol. The number of aryl methyl sites for hydroxylation is 1. The van der Waals surface area contributed by atoms with Crippen molar-refractivity contribution in [3.05, 3.63) is 28.8 Å². The lowest BCUT2D eigenvalue weighted by Gasteiger charge is -2.59. The molecule has 6 rings (SSSR count). The van der Waals surface area contributed by atoms with Gasteiger partial charge in [0.2, 0.25) is 5.91 Å². The zero-order valence-corrected chi connectivity index (χ0v) is 19.0.